The van der Waals surface area contributed by atoms with Crippen molar-refractivity contribution in [2.24, 2.45) is 0 Å². The van der Waals surface area contributed by atoms with Gasteiger partial charge in [0.2, 0.25) is 0 Å². The molecule has 2 aromatic rings. The van der Waals surface area contributed by atoms with Gasteiger partial charge in [-0.2, -0.15) is 0 Å². The number of piperazine rings is 1. The van der Waals surface area contributed by atoms with Crippen molar-refractivity contribution in [3.05, 3.63) is 59.4 Å². The number of nitrogens with zero attached hydrogens (tertiary/aromatic N) is 2. The van der Waals surface area contributed by atoms with Crippen LogP contribution in [-0.4, -0.2) is 39.3 Å². The van der Waals surface area contributed by atoms with Gasteiger partial charge >= 0.3 is 5.97 Å². The van der Waals surface area contributed by atoms with Crippen LogP contribution < -0.4 is 9.80 Å². The maximum atomic E-state index is 14.1. The van der Waals surface area contributed by atoms with Crippen molar-refractivity contribution in [2.45, 2.75) is 0 Å². The second-order valence-electron chi connectivity index (χ2n) is 5.73. The summed E-state index contributed by atoms with van der Waals surface area (Å²) < 4.78 is 45.5. The molecule has 0 unspecified atom stereocenters. The molecule has 0 amide bonds. The Kier molecular flexibility index (Phi) is 4.83. The molecule has 0 N–H and O–H groups in total. The Morgan fingerprint density at radius 1 is 0.920 bits per heavy atom. The summed E-state index contributed by atoms with van der Waals surface area (Å²) in [4.78, 5) is 15.2. The molecule has 0 aliphatic carbocycles. The first-order valence-corrected chi connectivity index (χ1v) is 7.82. The van der Waals surface area contributed by atoms with E-state index in [0.29, 0.717) is 37.6 Å². The van der Waals surface area contributed by atoms with Gasteiger partial charge in [-0.1, -0.05) is 0 Å². The second kappa shape index (κ2) is 7.04. The molecule has 1 heterocycles. The van der Waals surface area contributed by atoms with Gasteiger partial charge in [0.15, 0.2) is 0 Å². The van der Waals surface area contributed by atoms with Gasteiger partial charge in [0.25, 0.3) is 0 Å². The third kappa shape index (κ3) is 3.55. The Balaban J connectivity index is 1.70. The predicted octanol–water partition coefficient (Wildman–Crippen LogP) is 3.22. The molecule has 4 nitrogen and oxygen atoms in total. The summed E-state index contributed by atoms with van der Waals surface area (Å²) in [6.45, 7) is 2.13. The van der Waals surface area contributed by atoms with E-state index in [1.165, 1.54) is 31.4 Å². The molecule has 0 radical (unpaired) electrons. The van der Waals surface area contributed by atoms with E-state index in [9.17, 15) is 18.0 Å². The fraction of sp³-hybridized carbons (Fsp3) is 0.278. The largest absolute Gasteiger partial charge is 0.465 e. The summed E-state index contributed by atoms with van der Waals surface area (Å²) in [5, 5.41) is 0. The van der Waals surface area contributed by atoms with E-state index < -0.39 is 23.4 Å². The van der Waals surface area contributed by atoms with Gasteiger partial charge in [-0.25, -0.2) is 18.0 Å². The van der Waals surface area contributed by atoms with Crippen LogP contribution in [0.4, 0.5) is 24.5 Å². The first-order valence-electron chi connectivity index (χ1n) is 7.82. The van der Waals surface area contributed by atoms with Gasteiger partial charge < -0.3 is 14.5 Å². The number of esters is 1. The second-order valence-corrected chi connectivity index (χ2v) is 5.73. The van der Waals surface area contributed by atoms with E-state index >= 15 is 0 Å². The van der Waals surface area contributed by atoms with Gasteiger partial charge in [-0.15, -0.1) is 0 Å². The SMILES string of the molecule is COC(=O)c1ccc(N2CCN(c3ccc(F)cc3F)CC2)cc1F. The van der Waals surface area contributed by atoms with E-state index in [1.807, 2.05) is 9.80 Å². The van der Waals surface area contributed by atoms with Crippen LogP contribution in [-0.2, 0) is 4.74 Å². The number of benzene rings is 2. The van der Waals surface area contributed by atoms with Crippen LogP contribution in [0.15, 0.2) is 36.4 Å². The summed E-state index contributed by atoms with van der Waals surface area (Å²) in [7, 11) is 1.20. The molecule has 1 saturated heterocycles. The lowest BCUT2D eigenvalue weighted by molar-refractivity contribution is 0.0595. The van der Waals surface area contributed by atoms with E-state index in [0.717, 1.165) is 6.07 Å². The third-order valence-corrected chi connectivity index (χ3v) is 4.25. The molecule has 0 bridgehead atoms. The van der Waals surface area contributed by atoms with Crippen LogP contribution in [0.5, 0.6) is 0 Å². The number of carbonyl (C=O) groups excluding carboxylic acids is 1. The number of ether oxygens (including phenoxy) is 1. The number of rotatable bonds is 3. The van der Waals surface area contributed by atoms with Crippen LogP contribution in [0.25, 0.3) is 0 Å². The topological polar surface area (TPSA) is 32.8 Å². The fourth-order valence-corrected chi connectivity index (χ4v) is 2.92. The molecule has 2 aromatic carbocycles. The van der Waals surface area contributed by atoms with Crippen molar-refractivity contribution in [3.63, 3.8) is 0 Å². The van der Waals surface area contributed by atoms with Gasteiger partial charge in [0, 0.05) is 37.9 Å². The third-order valence-electron chi connectivity index (χ3n) is 4.25. The summed E-state index contributed by atoms with van der Waals surface area (Å²) in [6.07, 6.45) is 0. The Hall–Kier alpha value is -2.70. The van der Waals surface area contributed by atoms with Gasteiger partial charge in [0.1, 0.15) is 17.5 Å². The Morgan fingerprint density at radius 2 is 1.60 bits per heavy atom. The number of anilines is 2. The molecular formula is C18H17F3N2O2. The summed E-state index contributed by atoms with van der Waals surface area (Å²) in [6, 6.07) is 7.85. The van der Waals surface area contributed by atoms with Crippen molar-refractivity contribution < 1.29 is 22.7 Å². The quantitative estimate of drug-likeness (QED) is 0.796. The predicted molar refractivity (Wildman–Crippen MR) is 88.5 cm³/mol. The average Bonchev–Trinajstić information content (AvgIpc) is 2.61. The summed E-state index contributed by atoms with van der Waals surface area (Å²) in [5.74, 6) is -2.57. The van der Waals surface area contributed by atoms with Gasteiger partial charge in [-0.05, 0) is 30.3 Å². The maximum Gasteiger partial charge on any atom is 0.340 e. The van der Waals surface area contributed by atoms with E-state index in [4.69, 9.17) is 0 Å². The fourth-order valence-electron chi connectivity index (χ4n) is 2.92. The molecule has 1 fully saturated rings. The van der Waals surface area contributed by atoms with Crippen LogP contribution >= 0.6 is 0 Å². The van der Waals surface area contributed by atoms with E-state index in [1.54, 1.807) is 6.07 Å². The summed E-state index contributed by atoms with van der Waals surface area (Å²) >= 11 is 0. The number of halogens is 3. The van der Waals surface area contributed by atoms with E-state index in [-0.39, 0.29) is 5.56 Å². The molecule has 0 atom stereocenters. The van der Waals surface area contributed by atoms with Crippen LogP contribution in [0, 0.1) is 17.5 Å². The minimum Gasteiger partial charge on any atom is -0.465 e. The smallest absolute Gasteiger partial charge is 0.340 e. The number of methoxy groups -OCH3 is 1. The number of hydrogen-bond donors (Lipinski definition) is 0. The molecule has 0 aromatic heterocycles. The highest BCUT2D eigenvalue weighted by Crippen LogP contribution is 2.25. The zero-order chi connectivity index (χ0) is 18.0. The van der Waals surface area contributed by atoms with Gasteiger partial charge in [-0.3, -0.25) is 0 Å². The van der Waals surface area contributed by atoms with Crippen molar-refractivity contribution in [2.75, 3.05) is 43.1 Å². The molecule has 25 heavy (non-hydrogen) atoms. The Labute approximate surface area is 143 Å². The highest BCUT2D eigenvalue weighted by Gasteiger charge is 2.21. The van der Waals surface area contributed by atoms with Crippen LogP contribution in [0.2, 0.25) is 0 Å². The highest BCUT2D eigenvalue weighted by atomic mass is 19.1. The molecule has 7 heteroatoms. The van der Waals surface area contributed by atoms with Crippen LogP contribution in [0.1, 0.15) is 10.4 Å². The molecular weight excluding hydrogens is 333 g/mol. The lowest BCUT2D eigenvalue weighted by Crippen LogP contribution is -2.46. The minimum atomic E-state index is -0.722. The first-order chi connectivity index (χ1) is 12.0. The molecule has 0 spiro atoms. The van der Waals surface area contributed by atoms with Gasteiger partial charge in [0.05, 0.1) is 18.4 Å². The summed E-state index contributed by atoms with van der Waals surface area (Å²) in [5.41, 5.74) is 0.885. The van der Waals surface area contributed by atoms with E-state index in [2.05, 4.69) is 4.74 Å². The zero-order valence-corrected chi connectivity index (χ0v) is 13.6. The maximum absolute atomic E-state index is 14.1. The monoisotopic (exact) mass is 350 g/mol. The van der Waals surface area contributed by atoms with Crippen molar-refractivity contribution >= 4 is 17.3 Å². The molecule has 1 aliphatic heterocycles. The molecule has 3 rings (SSSR count). The zero-order valence-electron chi connectivity index (χ0n) is 13.6. The average molecular weight is 350 g/mol. The number of hydrogen-bond acceptors (Lipinski definition) is 4. The molecule has 1 aliphatic rings. The molecule has 0 saturated carbocycles. The lowest BCUT2D eigenvalue weighted by Gasteiger charge is -2.37. The standard InChI is InChI=1S/C18H17F3N2O2/c1-25-18(24)14-4-3-13(11-15(14)20)22-6-8-23(9-7-22)17-5-2-12(19)10-16(17)21/h2-5,10-11H,6-9H2,1H3. The lowest BCUT2D eigenvalue weighted by atomic mass is 10.1. The van der Waals surface area contributed by atoms with Crippen molar-refractivity contribution in [3.8, 4) is 0 Å². The first kappa shape index (κ1) is 17.1. The normalized spacial score (nSPS) is 14.6. The molecule has 132 valence electrons. The Morgan fingerprint density at radius 3 is 2.20 bits per heavy atom. The van der Waals surface area contributed by atoms with Crippen molar-refractivity contribution in [1.29, 1.82) is 0 Å². The highest BCUT2D eigenvalue weighted by molar-refractivity contribution is 5.90. The Bertz CT molecular complexity index is 790. The number of carbonyl (C=O) groups is 1. The minimum absolute atomic E-state index is 0.113. The van der Waals surface area contributed by atoms with Crippen molar-refractivity contribution in [1.82, 2.24) is 0 Å². The van der Waals surface area contributed by atoms with Crippen LogP contribution in [0.3, 0.4) is 0 Å².